The minimum atomic E-state index is -0.222. The van der Waals surface area contributed by atoms with Crippen LogP contribution >= 0.6 is 0 Å². The number of aromatic nitrogens is 2. The number of amides is 2. The van der Waals surface area contributed by atoms with Crippen molar-refractivity contribution in [3.63, 3.8) is 0 Å². The summed E-state index contributed by atoms with van der Waals surface area (Å²) in [5.74, 6) is 0.470. The largest absolute Gasteiger partial charge is 0.370 e. The molecule has 0 saturated carbocycles. The number of hydrogen-bond acceptors (Lipinski definition) is 5. The fraction of sp³-hybridized carbons (Fsp3) is 0.400. The van der Waals surface area contributed by atoms with Crippen LogP contribution in [-0.2, 0) is 11.2 Å². The molecule has 0 aromatic carbocycles. The number of carbonyl (C=O) groups excluding carboxylic acids is 2. The molecule has 2 aromatic rings. The van der Waals surface area contributed by atoms with Crippen molar-refractivity contribution < 1.29 is 9.59 Å². The van der Waals surface area contributed by atoms with Crippen LogP contribution in [0, 0.1) is 6.92 Å². The molecule has 2 N–H and O–H groups in total. The smallest absolute Gasteiger partial charge is 0.272 e. The molecule has 7 nitrogen and oxygen atoms in total. The first-order valence-corrected chi connectivity index (χ1v) is 9.30. The van der Waals surface area contributed by atoms with Crippen LogP contribution in [0.5, 0.6) is 0 Å². The van der Waals surface area contributed by atoms with E-state index in [1.54, 1.807) is 17.2 Å². The third-order valence-corrected chi connectivity index (χ3v) is 4.40. The maximum absolute atomic E-state index is 12.8. The second kappa shape index (κ2) is 9.12. The monoisotopic (exact) mass is 367 g/mol. The summed E-state index contributed by atoms with van der Waals surface area (Å²) in [4.78, 5) is 35.5. The second-order valence-electron chi connectivity index (χ2n) is 6.70. The molecule has 3 heterocycles. The summed E-state index contributed by atoms with van der Waals surface area (Å²) in [5.41, 5.74) is 2.33. The van der Waals surface area contributed by atoms with E-state index < -0.39 is 0 Å². The quantitative estimate of drug-likeness (QED) is 0.802. The molecule has 7 heteroatoms. The lowest BCUT2D eigenvalue weighted by atomic mass is 10.2. The van der Waals surface area contributed by atoms with Gasteiger partial charge in [-0.25, -0.2) is 4.98 Å². The van der Waals surface area contributed by atoms with Gasteiger partial charge in [0.1, 0.15) is 11.5 Å². The molecule has 2 aromatic heterocycles. The standard InChI is InChI=1S/C20H25N5O2/c1-15-8-9-17(23-13-15)20(27)25-12-3-6-16-5-2-7-18(24-16)21-10-4-11-22-19(26)14-25/h2,5,7-9,13H,3-4,6,10-12,14H2,1H3,(H,21,24)(H,22,26). The molecule has 0 aliphatic carbocycles. The molecule has 0 radical (unpaired) electrons. The summed E-state index contributed by atoms with van der Waals surface area (Å²) in [6, 6.07) is 9.46. The van der Waals surface area contributed by atoms with Gasteiger partial charge in [0.15, 0.2) is 0 Å². The van der Waals surface area contributed by atoms with Crippen molar-refractivity contribution in [1.29, 1.82) is 0 Å². The van der Waals surface area contributed by atoms with Gasteiger partial charge in [-0.2, -0.15) is 0 Å². The molecule has 142 valence electrons. The third kappa shape index (κ3) is 5.51. The summed E-state index contributed by atoms with van der Waals surface area (Å²) >= 11 is 0. The van der Waals surface area contributed by atoms with Crippen LogP contribution in [-0.4, -0.2) is 52.9 Å². The van der Waals surface area contributed by atoms with Crippen LogP contribution in [0.4, 0.5) is 5.82 Å². The SMILES string of the molecule is Cc1ccc(C(=O)N2CCCc3cccc(n3)NCCCNC(=O)C2)nc1. The Hall–Kier alpha value is -2.96. The van der Waals surface area contributed by atoms with E-state index in [0.29, 0.717) is 18.8 Å². The molecule has 1 aliphatic heterocycles. The van der Waals surface area contributed by atoms with Gasteiger partial charge in [-0.05, 0) is 49.9 Å². The number of nitrogens with one attached hydrogen (secondary N) is 2. The maximum atomic E-state index is 12.8. The van der Waals surface area contributed by atoms with Crippen LogP contribution in [0.3, 0.4) is 0 Å². The van der Waals surface area contributed by atoms with Crippen molar-refractivity contribution in [2.45, 2.75) is 26.2 Å². The fourth-order valence-electron chi connectivity index (χ4n) is 2.94. The summed E-state index contributed by atoms with van der Waals surface area (Å²) in [5, 5.41) is 6.15. The number of nitrogens with zero attached hydrogens (tertiary/aromatic N) is 3. The summed E-state index contributed by atoms with van der Waals surface area (Å²) < 4.78 is 0. The fourth-order valence-corrected chi connectivity index (χ4v) is 2.94. The molecule has 2 amide bonds. The minimum Gasteiger partial charge on any atom is -0.370 e. The Morgan fingerprint density at radius 1 is 1.11 bits per heavy atom. The molecule has 0 atom stereocenters. The lowest BCUT2D eigenvalue weighted by Crippen LogP contribution is -2.42. The van der Waals surface area contributed by atoms with E-state index in [9.17, 15) is 9.59 Å². The van der Waals surface area contributed by atoms with Crippen molar-refractivity contribution in [3.05, 3.63) is 53.5 Å². The van der Waals surface area contributed by atoms with Gasteiger partial charge < -0.3 is 15.5 Å². The van der Waals surface area contributed by atoms with E-state index in [-0.39, 0.29) is 18.4 Å². The first kappa shape index (κ1) is 18.8. The summed E-state index contributed by atoms with van der Waals surface area (Å²) in [6.07, 6.45) is 3.91. The molecule has 0 spiro atoms. The molecular weight excluding hydrogens is 342 g/mol. The van der Waals surface area contributed by atoms with Crippen LogP contribution < -0.4 is 10.6 Å². The Morgan fingerprint density at radius 2 is 1.96 bits per heavy atom. The number of carbonyl (C=O) groups is 2. The Morgan fingerprint density at radius 3 is 2.78 bits per heavy atom. The Balaban J connectivity index is 1.74. The van der Waals surface area contributed by atoms with Gasteiger partial charge in [0, 0.05) is 31.5 Å². The van der Waals surface area contributed by atoms with Gasteiger partial charge in [-0.1, -0.05) is 12.1 Å². The summed E-state index contributed by atoms with van der Waals surface area (Å²) in [6.45, 7) is 3.71. The first-order valence-electron chi connectivity index (χ1n) is 9.30. The van der Waals surface area contributed by atoms with E-state index in [4.69, 9.17) is 0 Å². The molecule has 3 rings (SSSR count). The molecule has 2 bridgehead atoms. The highest BCUT2D eigenvalue weighted by molar-refractivity contribution is 5.94. The van der Waals surface area contributed by atoms with Gasteiger partial charge >= 0.3 is 0 Å². The molecular formula is C20H25N5O2. The normalized spacial score (nSPS) is 16.0. The molecule has 0 unspecified atom stereocenters. The van der Waals surface area contributed by atoms with Crippen molar-refractivity contribution in [3.8, 4) is 0 Å². The molecule has 0 fully saturated rings. The van der Waals surface area contributed by atoms with Gasteiger partial charge in [-0.15, -0.1) is 0 Å². The number of rotatable bonds is 1. The predicted octanol–water partition coefficient (Wildman–Crippen LogP) is 1.79. The Bertz CT molecular complexity index is 791. The number of hydrogen-bond donors (Lipinski definition) is 2. The van der Waals surface area contributed by atoms with E-state index in [1.165, 1.54) is 0 Å². The van der Waals surface area contributed by atoms with Crippen LogP contribution in [0.2, 0.25) is 0 Å². The van der Waals surface area contributed by atoms with Crippen molar-refractivity contribution in [1.82, 2.24) is 20.2 Å². The number of aryl methyl sites for hydroxylation is 2. The molecule has 27 heavy (non-hydrogen) atoms. The van der Waals surface area contributed by atoms with Gasteiger partial charge in [0.25, 0.3) is 5.91 Å². The van der Waals surface area contributed by atoms with Crippen LogP contribution in [0.15, 0.2) is 36.5 Å². The van der Waals surface area contributed by atoms with Crippen LogP contribution in [0.1, 0.15) is 34.6 Å². The van der Waals surface area contributed by atoms with E-state index in [0.717, 1.165) is 42.9 Å². The lowest BCUT2D eigenvalue weighted by molar-refractivity contribution is -0.121. The highest BCUT2D eigenvalue weighted by atomic mass is 16.2. The molecule has 1 aliphatic rings. The predicted molar refractivity (Wildman–Crippen MR) is 104 cm³/mol. The zero-order valence-corrected chi connectivity index (χ0v) is 15.6. The van der Waals surface area contributed by atoms with Crippen LogP contribution in [0.25, 0.3) is 0 Å². The first-order chi connectivity index (χ1) is 13.1. The lowest BCUT2D eigenvalue weighted by Gasteiger charge is -2.22. The van der Waals surface area contributed by atoms with Gasteiger partial charge in [-0.3, -0.25) is 14.6 Å². The average molecular weight is 367 g/mol. The van der Waals surface area contributed by atoms with E-state index >= 15 is 0 Å². The number of fused-ring (bicyclic) bond motifs is 2. The van der Waals surface area contributed by atoms with Gasteiger partial charge in [0.2, 0.25) is 5.91 Å². The minimum absolute atomic E-state index is 0.0370. The number of anilines is 1. The highest BCUT2D eigenvalue weighted by Crippen LogP contribution is 2.10. The average Bonchev–Trinajstić information content (AvgIpc) is 2.67. The number of pyridine rings is 2. The Kier molecular flexibility index (Phi) is 6.35. The maximum Gasteiger partial charge on any atom is 0.272 e. The third-order valence-electron chi connectivity index (χ3n) is 4.40. The van der Waals surface area contributed by atoms with Crippen molar-refractivity contribution in [2.75, 3.05) is 31.5 Å². The van der Waals surface area contributed by atoms with Crippen molar-refractivity contribution >= 4 is 17.6 Å². The zero-order chi connectivity index (χ0) is 19.1. The van der Waals surface area contributed by atoms with Gasteiger partial charge in [0.05, 0.1) is 6.54 Å². The highest BCUT2D eigenvalue weighted by Gasteiger charge is 2.20. The van der Waals surface area contributed by atoms with E-state index in [2.05, 4.69) is 20.6 Å². The topological polar surface area (TPSA) is 87.2 Å². The summed E-state index contributed by atoms with van der Waals surface area (Å²) in [7, 11) is 0. The Labute approximate surface area is 159 Å². The molecule has 0 saturated heterocycles. The second-order valence-corrected chi connectivity index (χ2v) is 6.70. The van der Waals surface area contributed by atoms with E-state index in [1.807, 2.05) is 31.2 Å². The van der Waals surface area contributed by atoms with Crippen molar-refractivity contribution in [2.24, 2.45) is 0 Å². The zero-order valence-electron chi connectivity index (χ0n) is 15.6.